The predicted molar refractivity (Wildman–Crippen MR) is 176 cm³/mol. The standard InChI is InChI=1S/C33H66NO9P/c1-3-5-7-9-11-13-15-16-18-20-22-24-26-40-27-30(28-41-44(38,39)42-29-31(34)33(36)37)43-32(35)25-23-21-19-17-14-12-10-8-6-4-2/h30-31H,3-29,34H2,1-2H3,(H,36,37)(H,38,39). The molecule has 3 atom stereocenters. The van der Waals surface area contributed by atoms with Gasteiger partial charge in [0.1, 0.15) is 12.1 Å². The topological polar surface area (TPSA) is 155 Å². The van der Waals surface area contributed by atoms with Crippen LogP contribution in [0, 0.1) is 0 Å². The summed E-state index contributed by atoms with van der Waals surface area (Å²) in [5.74, 6) is -1.77. The zero-order valence-electron chi connectivity index (χ0n) is 28.0. The van der Waals surface area contributed by atoms with E-state index in [1.807, 2.05) is 0 Å². The number of carbonyl (C=O) groups is 2. The summed E-state index contributed by atoms with van der Waals surface area (Å²) in [6.07, 6.45) is 25.8. The highest BCUT2D eigenvalue weighted by molar-refractivity contribution is 7.47. The summed E-state index contributed by atoms with van der Waals surface area (Å²) in [5, 5.41) is 8.83. The van der Waals surface area contributed by atoms with Gasteiger partial charge in [-0.2, -0.15) is 0 Å². The Morgan fingerprint density at radius 3 is 1.50 bits per heavy atom. The van der Waals surface area contributed by atoms with Crippen molar-refractivity contribution in [2.45, 2.75) is 174 Å². The van der Waals surface area contributed by atoms with Gasteiger partial charge in [-0.25, -0.2) is 4.57 Å². The minimum atomic E-state index is -4.59. The third kappa shape index (κ3) is 29.7. The molecule has 11 heteroatoms. The zero-order chi connectivity index (χ0) is 32.7. The molecule has 0 rings (SSSR count). The van der Waals surface area contributed by atoms with Crippen molar-refractivity contribution in [1.82, 2.24) is 0 Å². The van der Waals surface area contributed by atoms with E-state index in [0.717, 1.165) is 38.5 Å². The average Bonchev–Trinajstić information content (AvgIpc) is 2.99. The van der Waals surface area contributed by atoms with E-state index in [1.165, 1.54) is 103 Å². The Hall–Kier alpha value is -1.03. The zero-order valence-corrected chi connectivity index (χ0v) is 28.9. The van der Waals surface area contributed by atoms with E-state index in [0.29, 0.717) is 6.61 Å². The second-order valence-electron chi connectivity index (χ2n) is 12.0. The van der Waals surface area contributed by atoms with Crippen LogP contribution in [0.25, 0.3) is 0 Å². The van der Waals surface area contributed by atoms with Crippen LogP contribution in [0.4, 0.5) is 0 Å². The van der Waals surface area contributed by atoms with Crippen LogP contribution in [-0.4, -0.2) is 60.5 Å². The summed E-state index contributed by atoms with van der Waals surface area (Å²) >= 11 is 0. The molecule has 0 aromatic heterocycles. The molecule has 0 aliphatic heterocycles. The van der Waals surface area contributed by atoms with Crippen molar-refractivity contribution in [3.05, 3.63) is 0 Å². The Labute approximate surface area is 268 Å². The minimum Gasteiger partial charge on any atom is -0.480 e. The molecule has 0 heterocycles. The number of hydrogen-bond donors (Lipinski definition) is 3. The van der Waals surface area contributed by atoms with Gasteiger partial charge in [-0.3, -0.25) is 18.6 Å². The number of hydrogen-bond acceptors (Lipinski definition) is 8. The number of carbonyl (C=O) groups excluding carboxylic acids is 1. The number of rotatable bonds is 34. The summed E-state index contributed by atoms with van der Waals surface area (Å²) in [7, 11) is -4.59. The molecule has 0 aromatic rings. The van der Waals surface area contributed by atoms with E-state index in [2.05, 4.69) is 18.4 Å². The second-order valence-corrected chi connectivity index (χ2v) is 13.5. The van der Waals surface area contributed by atoms with Gasteiger partial charge >= 0.3 is 19.8 Å². The first kappa shape index (κ1) is 43.0. The monoisotopic (exact) mass is 651 g/mol. The molecule has 0 aromatic carbocycles. The molecule has 0 saturated heterocycles. The largest absolute Gasteiger partial charge is 0.480 e. The van der Waals surface area contributed by atoms with Crippen molar-refractivity contribution in [2.75, 3.05) is 26.4 Å². The molecule has 0 saturated carbocycles. The fourth-order valence-corrected chi connectivity index (χ4v) is 5.62. The Morgan fingerprint density at radius 1 is 0.636 bits per heavy atom. The van der Waals surface area contributed by atoms with E-state index < -0.39 is 45.1 Å². The Balaban J connectivity index is 4.32. The van der Waals surface area contributed by atoms with Crippen LogP contribution in [0.5, 0.6) is 0 Å². The van der Waals surface area contributed by atoms with Crippen LogP contribution in [0.2, 0.25) is 0 Å². The quantitative estimate of drug-likeness (QED) is 0.0350. The maximum absolute atomic E-state index is 12.5. The molecule has 44 heavy (non-hydrogen) atoms. The van der Waals surface area contributed by atoms with Crippen LogP contribution >= 0.6 is 7.82 Å². The van der Waals surface area contributed by atoms with Crippen molar-refractivity contribution < 1.29 is 42.7 Å². The fraction of sp³-hybridized carbons (Fsp3) is 0.939. The first-order valence-electron chi connectivity index (χ1n) is 17.6. The summed E-state index contributed by atoms with van der Waals surface area (Å²) in [4.78, 5) is 33.2. The molecule has 0 spiro atoms. The van der Waals surface area contributed by atoms with Gasteiger partial charge in [-0.15, -0.1) is 0 Å². The number of carboxylic acid groups (broad SMARTS) is 1. The summed E-state index contributed by atoms with van der Waals surface area (Å²) in [6, 6.07) is -1.47. The lowest BCUT2D eigenvalue weighted by molar-refractivity contribution is -0.154. The smallest absolute Gasteiger partial charge is 0.472 e. The lowest BCUT2D eigenvalue weighted by atomic mass is 10.1. The second kappa shape index (κ2) is 30.6. The van der Waals surface area contributed by atoms with Gasteiger partial charge in [0.15, 0.2) is 0 Å². The first-order valence-corrected chi connectivity index (χ1v) is 19.1. The minimum absolute atomic E-state index is 0.0242. The number of carboxylic acids is 1. The van der Waals surface area contributed by atoms with Crippen molar-refractivity contribution >= 4 is 19.8 Å². The number of unbranched alkanes of at least 4 members (excludes halogenated alkanes) is 20. The van der Waals surface area contributed by atoms with E-state index in [9.17, 15) is 19.0 Å². The van der Waals surface area contributed by atoms with Gasteiger partial charge in [-0.05, 0) is 12.8 Å². The average molecular weight is 652 g/mol. The predicted octanol–water partition coefficient (Wildman–Crippen LogP) is 8.47. The number of phosphoric acid groups is 1. The van der Waals surface area contributed by atoms with Crippen LogP contribution < -0.4 is 5.73 Å². The highest BCUT2D eigenvalue weighted by Gasteiger charge is 2.27. The van der Waals surface area contributed by atoms with Gasteiger partial charge in [0.25, 0.3) is 0 Å². The lowest BCUT2D eigenvalue weighted by Crippen LogP contribution is -2.34. The Morgan fingerprint density at radius 2 is 1.05 bits per heavy atom. The van der Waals surface area contributed by atoms with E-state index in [-0.39, 0.29) is 13.0 Å². The number of phosphoric ester groups is 1. The highest BCUT2D eigenvalue weighted by atomic mass is 31.2. The van der Waals surface area contributed by atoms with Crippen molar-refractivity contribution in [1.29, 1.82) is 0 Å². The lowest BCUT2D eigenvalue weighted by Gasteiger charge is -2.20. The molecule has 262 valence electrons. The SMILES string of the molecule is CCCCCCCCCCCCCCOCC(COP(=O)(O)OCC(N)C(=O)O)OC(=O)CCCCCCCCCCCC. The molecular formula is C33H66NO9P. The number of nitrogens with two attached hydrogens (primary N) is 1. The Bertz CT molecular complexity index is 725. The van der Waals surface area contributed by atoms with Gasteiger partial charge < -0.3 is 25.2 Å². The number of ether oxygens (including phenoxy) is 2. The molecule has 0 radical (unpaired) electrons. The molecule has 0 aliphatic rings. The van der Waals surface area contributed by atoms with Crippen LogP contribution in [0.3, 0.4) is 0 Å². The van der Waals surface area contributed by atoms with Crippen LogP contribution in [-0.2, 0) is 32.7 Å². The van der Waals surface area contributed by atoms with Gasteiger partial charge in [-0.1, -0.05) is 142 Å². The molecule has 4 N–H and O–H groups in total. The number of esters is 1. The molecule has 0 amide bonds. The molecule has 10 nitrogen and oxygen atoms in total. The van der Waals surface area contributed by atoms with Crippen LogP contribution in [0.15, 0.2) is 0 Å². The summed E-state index contributed by atoms with van der Waals surface area (Å²) in [6.45, 7) is 3.86. The first-order chi connectivity index (χ1) is 21.2. The Kier molecular flexibility index (Phi) is 29.9. The van der Waals surface area contributed by atoms with Crippen molar-refractivity contribution in [3.63, 3.8) is 0 Å². The number of aliphatic carboxylic acids is 1. The molecular weight excluding hydrogens is 585 g/mol. The molecule has 3 unspecified atom stereocenters. The van der Waals surface area contributed by atoms with Gasteiger partial charge in [0.2, 0.25) is 0 Å². The fourth-order valence-electron chi connectivity index (χ4n) is 4.84. The normalized spacial score (nSPS) is 14.3. The van der Waals surface area contributed by atoms with E-state index >= 15 is 0 Å². The maximum Gasteiger partial charge on any atom is 0.472 e. The maximum atomic E-state index is 12.5. The van der Waals surface area contributed by atoms with Gasteiger partial charge in [0, 0.05) is 13.0 Å². The third-order valence-corrected chi connectivity index (χ3v) is 8.59. The summed E-state index contributed by atoms with van der Waals surface area (Å²) < 4.78 is 33.1. The molecule has 0 fully saturated rings. The molecule has 0 aliphatic carbocycles. The highest BCUT2D eigenvalue weighted by Crippen LogP contribution is 2.43. The van der Waals surface area contributed by atoms with Gasteiger partial charge in [0.05, 0.1) is 19.8 Å². The third-order valence-electron chi connectivity index (χ3n) is 7.64. The van der Waals surface area contributed by atoms with E-state index in [4.69, 9.17) is 24.8 Å². The van der Waals surface area contributed by atoms with E-state index in [1.54, 1.807) is 0 Å². The summed E-state index contributed by atoms with van der Waals surface area (Å²) in [5.41, 5.74) is 5.32. The van der Waals surface area contributed by atoms with Crippen molar-refractivity contribution in [3.8, 4) is 0 Å². The van der Waals surface area contributed by atoms with Crippen LogP contribution in [0.1, 0.15) is 162 Å². The molecule has 0 bridgehead atoms. The van der Waals surface area contributed by atoms with Crippen molar-refractivity contribution in [2.24, 2.45) is 5.73 Å².